The summed E-state index contributed by atoms with van der Waals surface area (Å²) in [7, 11) is 0. The summed E-state index contributed by atoms with van der Waals surface area (Å²) < 4.78 is 5.25. The van der Waals surface area contributed by atoms with Crippen LogP contribution in [-0.4, -0.2) is 23.5 Å². The molecule has 1 amide bonds. The predicted molar refractivity (Wildman–Crippen MR) is 86.3 cm³/mol. The van der Waals surface area contributed by atoms with Crippen molar-refractivity contribution in [1.82, 2.24) is 5.32 Å². The second-order valence-corrected chi connectivity index (χ2v) is 6.38. The molecule has 1 aliphatic rings. The number of hydrogen-bond donors (Lipinski definition) is 1. The van der Waals surface area contributed by atoms with E-state index in [9.17, 15) is 9.59 Å². The van der Waals surface area contributed by atoms with Gasteiger partial charge < -0.3 is 14.8 Å². The lowest BCUT2D eigenvalue weighted by Crippen LogP contribution is -2.50. The maximum Gasteiger partial charge on any atom is 0.408 e. The third-order valence-electron chi connectivity index (χ3n) is 3.26. The number of aldehydes is 1. The van der Waals surface area contributed by atoms with Crippen LogP contribution in [0.5, 0.6) is 0 Å². The van der Waals surface area contributed by atoms with E-state index >= 15 is 0 Å². The second kappa shape index (κ2) is 6.18. The first kappa shape index (κ1) is 16.0. The monoisotopic (exact) mass is 299 g/mol. The molecule has 0 aromatic heterocycles. The molecule has 1 N–H and O–H groups in total. The average Bonchev–Trinajstić information content (AvgIpc) is 2.46. The molecule has 0 heterocycles. The van der Waals surface area contributed by atoms with E-state index in [-0.39, 0.29) is 0 Å². The maximum atomic E-state index is 12.0. The molecule has 4 nitrogen and oxygen atoms in total. The molecule has 22 heavy (non-hydrogen) atoms. The minimum atomic E-state index is -1.07. The highest BCUT2D eigenvalue weighted by Gasteiger charge is 2.33. The van der Waals surface area contributed by atoms with Crippen molar-refractivity contribution < 1.29 is 14.3 Å². The standard InChI is InChI=1S/C18H21NO3/c1-17(2,3)22-16(21)19-18(13-20)11-7-10-15(12-18)14-8-5-4-6-9-14/h4-11,13H,12H2,1-3H3,(H,19,21). The number of amides is 1. The Balaban J connectivity index is 2.16. The molecule has 4 heteroatoms. The number of rotatable bonds is 3. The maximum absolute atomic E-state index is 12.0. The fourth-order valence-corrected chi connectivity index (χ4v) is 2.31. The lowest BCUT2D eigenvalue weighted by atomic mass is 9.85. The van der Waals surface area contributed by atoms with E-state index in [1.54, 1.807) is 32.9 Å². The Morgan fingerprint density at radius 2 is 1.95 bits per heavy atom. The van der Waals surface area contributed by atoms with Crippen molar-refractivity contribution in [3.05, 3.63) is 54.1 Å². The molecule has 0 radical (unpaired) electrons. The summed E-state index contributed by atoms with van der Waals surface area (Å²) in [6, 6.07) is 9.79. The summed E-state index contributed by atoms with van der Waals surface area (Å²) in [5.74, 6) is 0. The molecule has 116 valence electrons. The SMILES string of the molecule is CC(C)(C)OC(=O)NC1(C=O)C=CC=C(c2ccccc2)C1. The van der Waals surface area contributed by atoms with Crippen LogP contribution in [0, 0.1) is 0 Å². The Hall–Kier alpha value is -2.36. The first-order chi connectivity index (χ1) is 10.3. The number of allylic oxidation sites excluding steroid dienone is 2. The predicted octanol–water partition coefficient (Wildman–Crippen LogP) is 3.49. The lowest BCUT2D eigenvalue weighted by molar-refractivity contribution is -0.111. The highest BCUT2D eigenvalue weighted by molar-refractivity contribution is 5.84. The highest BCUT2D eigenvalue weighted by atomic mass is 16.6. The molecule has 1 aromatic rings. The molecule has 1 unspecified atom stereocenters. The molecule has 1 aromatic carbocycles. The van der Waals surface area contributed by atoms with E-state index < -0.39 is 17.2 Å². The molecule has 0 spiro atoms. The summed E-state index contributed by atoms with van der Waals surface area (Å²) in [4.78, 5) is 23.6. The number of benzene rings is 1. The number of hydrogen-bond acceptors (Lipinski definition) is 3. The lowest BCUT2D eigenvalue weighted by Gasteiger charge is -2.31. The van der Waals surface area contributed by atoms with Gasteiger partial charge in [0.1, 0.15) is 17.4 Å². The normalized spacial score (nSPS) is 21.0. The smallest absolute Gasteiger partial charge is 0.408 e. The van der Waals surface area contributed by atoms with Gasteiger partial charge in [-0.1, -0.05) is 48.6 Å². The van der Waals surface area contributed by atoms with E-state index in [1.807, 2.05) is 36.4 Å². The minimum Gasteiger partial charge on any atom is -0.444 e. The topological polar surface area (TPSA) is 55.4 Å². The molecular weight excluding hydrogens is 278 g/mol. The van der Waals surface area contributed by atoms with Crippen LogP contribution in [0.4, 0.5) is 4.79 Å². The molecule has 1 aliphatic carbocycles. The van der Waals surface area contributed by atoms with Crippen LogP contribution in [0.3, 0.4) is 0 Å². The zero-order chi connectivity index (χ0) is 16.2. The Morgan fingerprint density at radius 1 is 1.27 bits per heavy atom. The molecule has 0 saturated carbocycles. The van der Waals surface area contributed by atoms with Crippen molar-refractivity contribution in [3.63, 3.8) is 0 Å². The molecular formula is C18H21NO3. The molecule has 0 aliphatic heterocycles. The van der Waals surface area contributed by atoms with Gasteiger partial charge in [0.2, 0.25) is 0 Å². The summed E-state index contributed by atoms with van der Waals surface area (Å²) in [6.45, 7) is 5.35. The van der Waals surface area contributed by atoms with E-state index in [1.165, 1.54) is 0 Å². The number of ether oxygens (including phenoxy) is 1. The Morgan fingerprint density at radius 3 is 2.55 bits per heavy atom. The first-order valence-corrected chi connectivity index (χ1v) is 7.25. The number of nitrogens with one attached hydrogen (secondary N) is 1. The number of carbonyl (C=O) groups is 2. The van der Waals surface area contributed by atoms with Crippen LogP contribution in [0.1, 0.15) is 32.8 Å². The van der Waals surface area contributed by atoms with Gasteiger partial charge in [0.15, 0.2) is 0 Å². The van der Waals surface area contributed by atoms with Crippen LogP contribution in [0.25, 0.3) is 5.57 Å². The largest absolute Gasteiger partial charge is 0.444 e. The molecule has 0 bridgehead atoms. The van der Waals surface area contributed by atoms with Gasteiger partial charge in [-0.3, -0.25) is 0 Å². The van der Waals surface area contributed by atoms with Crippen molar-refractivity contribution in [2.75, 3.05) is 0 Å². The van der Waals surface area contributed by atoms with Crippen molar-refractivity contribution in [2.24, 2.45) is 0 Å². The van der Waals surface area contributed by atoms with E-state index in [4.69, 9.17) is 4.74 Å². The Bertz CT molecular complexity index is 611. The zero-order valence-corrected chi connectivity index (χ0v) is 13.1. The van der Waals surface area contributed by atoms with Crippen molar-refractivity contribution >= 4 is 18.0 Å². The van der Waals surface area contributed by atoms with Gasteiger partial charge in [0.05, 0.1) is 0 Å². The van der Waals surface area contributed by atoms with Crippen LogP contribution in [0.15, 0.2) is 48.6 Å². The molecule has 2 rings (SSSR count). The van der Waals surface area contributed by atoms with Crippen molar-refractivity contribution in [3.8, 4) is 0 Å². The van der Waals surface area contributed by atoms with Crippen LogP contribution in [-0.2, 0) is 9.53 Å². The Labute approximate surface area is 130 Å². The van der Waals surface area contributed by atoms with E-state index in [2.05, 4.69) is 5.32 Å². The molecule has 1 atom stereocenters. The minimum absolute atomic E-state index is 0.399. The van der Waals surface area contributed by atoms with Gasteiger partial charge in [-0.15, -0.1) is 0 Å². The summed E-state index contributed by atoms with van der Waals surface area (Å²) in [6.07, 6.45) is 5.99. The van der Waals surface area contributed by atoms with Gasteiger partial charge >= 0.3 is 6.09 Å². The van der Waals surface area contributed by atoms with Crippen LogP contribution in [0.2, 0.25) is 0 Å². The Kier molecular flexibility index (Phi) is 4.50. The van der Waals surface area contributed by atoms with Gasteiger partial charge in [0.25, 0.3) is 0 Å². The van der Waals surface area contributed by atoms with E-state index in [0.29, 0.717) is 6.42 Å². The van der Waals surface area contributed by atoms with Crippen LogP contribution >= 0.6 is 0 Å². The fourth-order valence-electron chi connectivity index (χ4n) is 2.31. The van der Waals surface area contributed by atoms with Gasteiger partial charge in [0, 0.05) is 6.42 Å². The average molecular weight is 299 g/mol. The van der Waals surface area contributed by atoms with Gasteiger partial charge in [-0.2, -0.15) is 0 Å². The second-order valence-electron chi connectivity index (χ2n) is 6.38. The zero-order valence-electron chi connectivity index (χ0n) is 13.1. The molecule has 0 saturated heterocycles. The van der Waals surface area contributed by atoms with Crippen LogP contribution < -0.4 is 5.32 Å². The fraction of sp³-hybridized carbons (Fsp3) is 0.333. The van der Waals surface area contributed by atoms with Crippen molar-refractivity contribution in [1.29, 1.82) is 0 Å². The highest BCUT2D eigenvalue weighted by Crippen LogP contribution is 2.29. The van der Waals surface area contributed by atoms with Gasteiger partial charge in [-0.05, 0) is 31.9 Å². The quantitative estimate of drug-likeness (QED) is 0.869. The first-order valence-electron chi connectivity index (χ1n) is 7.25. The summed E-state index contributed by atoms with van der Waals surface area (Å²) in [5.41, 5.74) is 0.350. The van der Waals surface area contributed by atoms with E-state index in [0.717, 1.165) is 17.4 Å². The summed E-state index contributed by atoms with van der Waals surface area (Å²) >= 11 is 0. The summed E-state index contributed by atoms with van der Waals surface area (Å²) in [5, 5.41) is 2.68. The third-order valence-corrected chi connectivity index (χ3v) is 3.26. The number of carbonyl (C=O) groups excluding carboxylic acids is 2. The third kappa shape index (κ3) is 4.07. The van der Waals surface area contributed by atoms with Gasteiger partial charge in [-0.25, -0.2) is 4.79 Å². The number of alkyl carbamates (subject to hydrolysis) is 1. The molecule has 0 fully saturated rings. The van der Waals surface area contributed by atoms with Crippen molar-refractivity contribution in [2.45, 2.75) is 38.3 Å².